The summed E-state index contributed by atoms with van der Waals surface area (Å²) in [4.78, 5) is 2.86. The largest absolute Gasteiger partial charge is 0.312 e. The maximum atomic E-state index is 3.72. The standard InChI is InChI=1S/C13H24N2S/c1-3-12(14-7-1)13-4-2-8-15(13)11-5-9-16-10-6-11/h11-14H,1-10H2. The van der Waals surface area contributed by atoms with E-state index in [0.29, 0.717) is 0 Å². The molecule has 0 amide bonds. The van der Waals surface area contributed by atoms with E-state index in [2.05, 4.69) is 22.0 Å². The van der Waals surface area contributed by atoms with Crippen molar-refractivity contribution in [2.24, 2.45) is 0 Å². The molecule has 3 aliphatic heterocycles. The lowest BCUT2D eigenvalue weighted by molar-refractivity contribution is 0.144. The van der Waals surface area contributed by atoms with Crippen LogP contribution in [0.1, 0.15) is 38.5 Å². The Hall–Kier alpha value is 0.270. The van der Waals surface area contributed by atoms with Crippen LogP contribution in [0.2, 0.25) is 0 Å². The molecule has 3 rings (SSSR count). The normalized spacial score (nSPS) is 38.2. The van der Waals surface area contributed by atoms with Crippen molar-refractivity contribution in [3.63, 3.8) is 0 Å². The van der Waals surface area contributed by atoms with Gasteiger partial charge in [-0.2, -0.15) is 11.8 Å². The van der Waals surface area contributed by atoms with Crippen molar-refractivity contribution in [2.45, 2.75) is 56.7 Å². The zero-order valence-corrected chi connectivity index (χ0v) is 11.0. The number of hydrogen-bond donors (Lipinski definition) is 1. The molecule has 0 saturated carbocycles. The number of nitrogens with one attached hydrogen (secondary N) is 1. The molecular weight excluding hydrogens is 216 g/mol. The van der Waals surface area contributed by atoms with Gasteiger partial charge in [0, 0.05) is 18.1 Å². The Morgan fingerprint density at radius 3 is 2.62 bits per heavy atom. The Morgan fingerprint density at radius 1 is 1.00 bits per heavy atom. The van der Waals surface area contributed by atoms with Gasteiger partial charge in [0.05, 0.1) is 0 Å². The van der Waals surface area contributed by atoms with Crippen LogP contribution in [0.15, 0.2) is 0 Å². The van der Waals surface area contributed by atoms with Crippen molar-refractivity contribution in [2.75, 3.05) is 24.6 Å². The first-order valence-corrected chi connectivity index (χ1v) is 8.17. The summed E-state index contributed by atoms with van der Waals surface area (Å²) in [6, 6.07) is 2.60. The van der Waals surface area contributed by atoms with Crippen LogP contribution in [-0.4, -0.2) is 47.6 Å². The van der Waals surface area contributed by atoms with Gasteiger partial charge in [0.2, 0.25) is 0 Å². The molecule has 0 radical (unpaired) electrons. The van der Waals surface area contributed by atoms with Crippen molar-refractivity contribution < 1.29 is 0 Å². The van der Waals surface area contributed by atoms with Crippen LogP contribution in [0.3, 0.4) is 0 Å². The van der Waals surface area contributed by atoms with Crippen molar-refractivity contribution in [3.8, 4) is 0 Å². The molecular formula is C13H24N2S. The molecule has 2 nitrogen and oxygen atoms in total. The molecule has 92 valence electrons. The van der Waals surface area contributed by atoms with Crippen molar-refractivity contribution >= 4 is 11.8 Å². The molecule has 0 spiro atoms. The fraction of sp³-hybridized carbons (Fsp3) is 1.00. The van der Waals surface area contributed by atoms with Crippen LogP contribution in [0, 0.1) is 0 Å². The third-order valence-electron chi connectivity index (χ3n) is 4.56. The molecule has 1 N–H and O–H groups in total. The highest BCUT2D eigenvalue weighted by Gasteiger charge is 2.36. The lowest BCUT2D eigenvalue weighted by atomic mass is 10.0. The lowest BCUT2D eigenvalue weighted by Gasteiger charge is -2.38. The Kier molecular flexibility index (Phi) is 3.75. The fourth-order valence-electron chi connectivity index (χ4n) is 3.76. The van der Waals surface area contributed by atoms with Gasteiger partial charge < -0.3 is 5.32 Å². The summed E-state index contributed by atoms with van der Waals surface area (Å²) in [5.41, 5.74) is 0. The average molecular weight is 240 g/mol. The number of nitrogens with zero attached hydrogens (tertiary/aromatic N) is 1. The van der Waals surface area contributed by atoms with Crippen LogP contribution in [0.25, 0.3) is 0 Å². The summed E-state index contributed by atoms with van der Waals surface area (Å²) < 4.78 is 0. The van der Waals surface area contributed by atoms with Gasteiger partial charge >= 0.3 is 0 Å². The monoisotopic (exact) mass is 240 g/mol. The number of hydrogen-bond acceptors (Lipinski definition) is 3. The maximum absolute atomic E-state index is 3.72. The van der Waals surface area contributed by atoms with Gasteiger partial charge in [0.1, 0.15) is 0 Å². The first-order valence-electron chi connectivity index (χ1n) is 7.02. The lowest BCUT2D eigenvalue weighted by Crippen LogP contribution is -2.49. The van der Waals surface area contributed by atoms with Crippen molar-refractivity contribution in [1.29, 1.82) is 0 Å². The van der Waals surface area contributed by atoms with Gasteiger partial charge in [-0.1, -0.05) is 0 Å². The van der Waals surface area contributed by atoms with Gasteiger partial charge in [-0.15, -0.1) is 0 Å². The molecule has 0 aromatic heterocycles. The molecule has 3 heteroatoms. The topological polar surface area (TPSA) is 15.3 Å². The van der Waals surface area contributed by atoms with E-state index in [-0.39, 0.29) is 0 Å². The highest BCUT2D eigenvalue weighted by atomic mass is 32.2. The summed E-state index contributed by atoms with van der Waals surface area (Å²) in [6.07, 6.45) is 8.58. The molecule has 3 fully saturated rings. The van der Waals surface area contributed by atoms with Crippen molar-refractivity contribution in [1.82, 2.24) is 10.2 Å². The molecule has 0 bridgehead atoms. The Labute approximate surface area is 104 Å². The summed E-state index contributed by atoms with van der Waals surface area (Å²) in [5, 5.41) is 3.72. The van der Waals surface area contributed by atoms with E-state index in [1.807, 2.05) is 0 Å². The zero-order valence-electron chi connectivity index (χ0n) is 10.2. The van der Waals surface area contributed by atoms with E-state index < -0.39 is 0 Å². The van der Waals surface area contributed by atoms with E-state index in [1.54, 1.807) is 0 Å². The van der Waals surface area contributed by atoms with Crippen LogP contribution in [-0.2, 0) is 0 Å². The van der Waals surface area contributed by atoms with Gasteiger partial charge in [0.25, 0.3) is 0 Å². The Balaban J connectivity index is 1.63. The number of thioether (sulfide) groups is 1. The van der Waals surface area contributed by atoms with E-state index >= 15 is 0 Å². The smallest absolute Gasteiger partial charge is 0.0252 e. The van der Waals surface area contributed by atoms with E-state index in [1.165, 1.54) is 63.1 Å². The molecule has 2 atom stereocenters. The predicted octanol–water partition coefficient (Wildman–Crippen LogP) is 2.10. The Morgan fingerprint density at radius 2 is 1.88 bits per heavy atom. The minimum atomic E-state index is 0.817. The van der Waals surface area contributed by atoms with Crippen LogP contribution >= 0.6 is 11.8 Å². The molecule has 0 aromatic carbocycles. The molecule has 3 saturated heterocycles. The second-order valence-electron chi connectivity index (χ2n) is 5.49. The molecule has 0 aromatic rings. The summed E-state index contributed by atoms with van der Waals surface area (Å²) in [7, 11) is 0. The summed E-state index contributed by atoms with van der Waals surface area (Å²) in [5.74, 6) is 2.79. The molecule has 0 aliphatic carbocycles. The maximum Gasteiger partial charge on any atom is 0.0252 e. The highest BCUT2D eigenvalue weighted by molar-refractivity contribution is 7.99. The minimum Gasteiger partial charge on any atom is -0.312 e. The minimum absolute atomic E-state index is 0.817. The molecule has 3 aliphatic rings. The molecule has 3 heterocycles. The molecule has 16 heavy (non-hydrogen) atoms. The second-order valence-corrected chi connectivity index (χ2v) is 6.72. The first-order chi connectivity index (χ1) is 7.95. The average Bonchev–Trinajstić information content (AvgIpc) is 3.01. The second kappa shape index (κ2) is 5.28. The third kappa shape index (κ3) is 2.27. The van der Waals surface area contributed by atoms with E-state index in [9.17, 15) is 0 Å². The zero-order chi connectivity index (χ0) is 10.8. The summed E-state index contributed by atoms with van der Waals surface area (Å²) in [6.45, 7) is 2.63. The summed E-state index contributed by atoms with van der Waals surface area (Å²) >= 11 is 2.15. The van der Waals surface area contributed by atoms with Crippen molar-refractivity contribution in [3.05, 3.63) is 0 Å². The quantitative estimate of drug-likeness (QED) is 0.796. The fourth-order valence-corrected chi connectivity index (χ4v) is 4.84. The Bertz CT molecular complexity index is 222. The molecule has 2 unspecified atom stereocenters. The van der Waals surface area contributed by atoms with Gasteiger partial charge in [0.15, 0.2) is 0 Å². The predicted molar refractivity (Wildman–Crippen MR) is 71.1 cm³/mol. The SMILES string of the molecule is C1CNC(C2CCCN2C2CCSCC2)C1. The van der Waals surface area contributed by atoms with Crippen LogP contribution < -0.4 is 5.32 Å². The van der Waals surface area contributed by atoms with E-state index in [0.717, 1.165) is 18.1 Å². The first kappa shape index (κ1) is 11.4. The van der Waals surface area contributed by atoms with Gasteiger partial charge in [-0.3, -0.25) is 4.90 Å². The van der Waals surface area contributed by atoms with Gasteiger partial charge in [-0.25, -0.2) is 0 Å². The van der Waals surface area contributed by atoms with E-state index in [4.69, 9.17) is 0 Å². The van der Waals surface area contributed by atoms with Crippen LogP contribution in [0.4, 0.5) is 0 Å². The van der Waals surface area contributed by atoms with Crippen LogP contribution in [0.5, 0.6) is 0 Å². The number of likely N-dealkylation sites (tertiary alicyclic amines) is 1. The van der Waals surface area contributed by atoms with Gasteiger partial charge in [-0.05, 0) is 63.1 Å². The highest BCUT2D eigenvalue weighted by Crippen LogP contribution is 2.31. The number of rotatable bonds is 2. The third-order valence-corrected chi connectivity index (χ3v) is 5.61.